The Hall–Kier alpha value is -4.61. The second-order valence-electron chi connectivity index (χ2n) is 8.66. The maximum absolute atomic E-state index is 13.6. The van der Waals surface area contributed by atoms with Crippen LogP contribution in [0.4, 0.5) is 5.69 Å². The second kappa shape index (κ2) is 13.8. The lowest BCUT2D eigenvalue weighted by Crippen LogP contribution is -2.39. The van der Waals surface area contributed by atoms with Gasteiger partial charge in [-0.2, -0.15) is 5.10 Å². The zero-order valence-electron chi connectivity index (χ0n) is 22.8. The summed E-state index contributed by atoms with van der Waals surface area (Å²) in [6, 6.07) is 22.3. The van der Waals surface area contributed by atoms with Crippen LogP contribution in [0.5, 0.6) is 5.75 Å². The van der Waals surface area contributed by atoms with E-state index in [1.807, 2.05) is 0 Å². The van der Waals surface area contributed by atoms with Gasteiger partial charge in [-0.1, -0.05) is 35.9 Å². The van der Waals surface area contributed by atoms with Crippen LogP contribution < -0.4 is 14.5 Å². The Morgan fingerprint density at radius 1 is 0.952 bits per heavy atom. The van der Waals surface area contributed by atoms with Gasteiger partial charge in [-0.3, -0.25) is 9.10 Å². The molecule has 0 aliphatic rings. The number of hydrazone groups is 1. The average molecular weight is 610 g/mol. The Kier molecular flexibility index (Phi) is 10.00. The van der Waals surface area contributed by atoms with Gasteiger partial charge in [-0.25, -0.2) is 18.6 Å². The molecule has 4 rings (SSSR count). The number of halogens is 1. The molecule has 3 aromatic carbocycles. The number of benzene rings is 3. The molecule has 0 atom stereocenters. The molecule has 0 aliphatic carbocycles. The molecule has 218 valence electrons. The van der Waals surface area contributed by atoms with Crippen LogP contribution in [-0.2, 0) is 19.6 Å². The first-order chi connectivity index (χ1) is 20.2. The van der Waals surface area contributed by atoms with Gasteiger partial charge in [0.1, 0.15) is 23.8 Å². The van der Waals surface area contributed by atoms with Gasteiger partial charge >= 0.3 is 5.97 Å². The van der Waals surface area contributed by atoms with Crippen molar-refractivity contribution < 1.29 is 31.9 Å². The molecule has 4 aromatic rings. The van der Waals surface area contributed by atoms with E-state index < -0.39 is 28.4 Å². The fraction of sp³-hybridized carbons (Fsp3) is 0.167. The molecule has 42 heavy (non-hydrogen) atoms. The van der Waals surface area contributed by atoms with E-state index in [9.17, 15) is 18.0 Å². The van der Waals surface area contributed by atoms with E-state index in [1.165, 1.54) is 30.5 Å². The number of esters is 1. The van der Waals surface area contributed by atoms with Gasteiger partial charge in [-0.05, 0) is 74.5 Å². The lowest BCUT2D eigenvalue weighted by Gasteiger charge is -2.25. The molecule has 1 heterocycles. The van der Waals surface area contributed by atoms with Crippen molar-refractivity contribution in [1.82, 2.24) is 5.43 Å². The number of anilines is 1. The summed E-state index contributed by atoms with van der Waals surface area (Å²) in [5, 5.41) is 4.30. The minimum Gasteiger partial charge on any atom is -0.492 e. The molecule has 10 nitrogen and oxygen atoms in total. The highest BCUT2D eigenvalue weighted by Crippen LogP contribution is 2.32. The van der Waals surface area contributed by atoms with Crippen molar-refractivity contribution in [3.63, 3.8) is 0 Å². The van der Waals surface area contributed by atoms with Crippen molar-refractivity contribution in [2.24, 2.45) is 5.10 Å². The molecular weight excluding hydrogens is 582 g/mol. The Bertz CT molecular complexity index is 1670. The molecule has 1 amide bonds. The summed E-state index contributed by atoms with van der Waals surface area (Å²) >= 11 is 5.95. The summed E-state index contributed by atoms with van der Waals surface area (Å²) in [6.45, 7) is 3.51. The number of nitrogens with zero attached hydrogens (tertiary/aromatic N) is 2. The number of sulfonamides is 1. The SMILES string of the molecule is CCOC(=O)c1ccc(-c2ccc(/C=N\NC(=O)CN(c3ccccc3OCC)S(=O)(=O)c3ccc(Cl)cc3)o2)cc1. The molecule has 1 aromatic heterocycles. The molecule has 12 heteroatoms. The predicted octanol–water partition coefficient (Wildman–Crippen LogP) is 5.52. The fourth-order valence-corrected chi connectivity index (χ4v) is 5.43. The van der Waals surface area contributed by atoms with Crippen LogP contribution in [0.3, 0.4) is 0 Å². The van der Waals surface area contributed by atoms with Crippen molar-refractivity contribution in [1.29, 1.82) is 0 Å². The molecule has 1 N–H and O–H groups in total. The van der Waals surface area contributed by atoms with E-state index in [0.717, 1.165) is 9.87 Å². The van der Waals surface area contributed by atoms with Crippen LogP contribution in [-0.4, -0.2) is 46.3 Å². The molecule has 0 saturated carbocycles. The third kappa shape index (κ3) is 7.36. The Morgan fingerprint density at radius 2 is 1.67 bits per heavy atom. The van der Waals surface area contributed by atoms with Gasteiger partial charge in [-0.15, -0.1) is 0 Å². The van der Waals surface area contributed by atoms with E-state index in [0.29, 0.717) is 34.5 Å². The third-order valence-electron chi connectivity index (χ3n) is 5.81. The van der Waals surface area contributed by atoms with Gasteiger partial charge < -0.3 is 13.9 Å². The van der Waals surface area contributed by atoms with Gasteiger partial charge in [0.25, 0.3) is 15.9 Å². The molecule has 0 saturated heterocycles. The highest BCUT2D eigenvalue weighted by Gasteiger charge is 2.29. The van der Waals surface area contributed by atoms with E-state index >= 15 is 0 Å². The Morgan fingerprint density at radius 3 is 2.36 bits per heavy atom. The number of furan rings is 1. The van der Waals surface area contributed by atoms with E-state index in [2.05, 4.69) is 10.5 Å². The second-order valence-corrected chi connectivity index (χ2v) is 11.0. The normalized spacial score (nSPS) is 11.3. The lowest BCUT2D eigenvalue weighted by molar-refractivity contribution is -0.119. The molecular formula is C30H28ClN3O7S. The summed E-state index contributed by atoms with van der Waals surface area (Å²) in [6.07, 6.45) is 1.29. The van der Waals surface area contributed by atoms with Crippen LogP contribution >= 0.6 is 11.6 Å². The number of hydrogen-bond donors (Lipinski definition) is 1. The summed E-state index contributed by atoms with van der Waals surface area (Å²) in [4.78, 5) is 24.7. The fourth-order valence-electron chi connectivity index (χ4n) is 3.87. The maximum atomic E-state index is 13.6. The smallest absolute Gasteiger partial charge is 0.338 e. The van der Waals surface area contributed by atoms with Crippen molar-refractivity contribution in [2.45, 2.75) is 18.7 Å². The first-order valence-electron chi connectivity index (χ1n) is 12.9. The number of amides is 1. The number of nitrogens with one attached hydrogen (secondary N) is 1. The molecule has 0 bridgehead atoms. The van der Waals surface area contributed by atoms with Crippen LogP contribution in [0.1, 0.15) is 30.0 Å². The van der Waals surface area contributed by atoms with Crippen molar-refractivity contribution in [2.75, 3.05) is 24.1 Å². The summed E-state index contributed by atoms with van der Waals surface area (Å²) < 4.78 is 44.6. The first kappa shape index (κ1) is 30.4. The monoisotopic (exact) mass is 609 g/mol. The molecule has 0 spiro atoms. The van der Waals surface area contributed by atoms with Crippen LogP contribution in [0.25, 0.3) is 11.3 Å². The van der Waals surface area contributed by atoms with Crippen LogP contribution in [0.15, 0.2) is 99.3 Å². The largest absolute Gasteiger partial charge is 0.492 e. The lowest BCUT2D eigenvalue weighted by atomic mass is 10.1. The van der Waals surface area contributed by atoms with Gasteiger partial charge in [0.15, 0.2) is 0 Å². The summed E-state index contributed by atoms with van der Waals surface area (Å²) in [5.41, 5.74) is 3.69. The first-order valence-corrected chi connectivity index (χ1v) is 14.7. The minimum absolute atomic E-state index is 0.0482. The van der Waals surface area contributed by atoms with Crippen molar-refractivity contribution in [3.05, 3.63) is 101 Å². The number of carbonyl (C=O) groups is 2. The van der Waals surface area contributed by atoms with E-state index in [1.54, 1.807) is 74.5 Å². The molecule has 0 unspecified atom stereocenters. The standard InChI is InChI=1S/C30H28ClN3O7S/c1-3-39-28-8-6-5-7-26(28)34(42(37,38)25-16-13-23(31)14-17-25)20-29(35)33-32-19-24-15-18-27(41-24)21-9-11-22(12-10-21)30(36)40-4-2/h5-19H,3-4,20H2,1-2H3,(H,33,35)/b32-19-. The highest BCUT2D eigenvalue weighted by atomic mass is 35.5. The quantitative estimate of drug-likeness (QED) is 0.127. The summed E-state index contributed by atoms with van der Waals surface area (Å²) in [7, 11) is -4.19. The summed E-state index contributed by atoms with van der Waals surface area (Å²) in [5.74, 6) is 0.0506. The zero-order chi connectivity index (χ0) is 30.1. The zero-order valence-corrected chi connectivity index (χ0v) is 24.4. The number of para-hydroxylation sites is 2. The van der Waals surface area contributed by atoms with Crippen molar-refractivity contribution >= 4 is 45.4 Å². The van der Waals surface area contributed by atoms with E-state index in [4.69, 9.17) is 25.5 Å². The number of carbonyl (C=O) groups excluding carboxylic acids is 2. The van der Waals surface area contributed by atoms with E-state index in [-0.39, 0.29) is 17.2 Å². The average Bonchev–Trinajstić information content (AvgIpc) is 3.46. The third-order valence-corrected chi connectivity index (χ3v) is 7.84. The molecule has 0 fully saturated rings. The molecule has 0 radical (unpaired) electrons. The van der Waals surface area contributed by atoms with Crippen LogP contribution in [0.2, 0.25) is 5.02 Å². The van der Waals surface area contributed by atoms with Crippen molar-refractivity contribution in [3.8, 4) is 17.1 Å². The predicted molar refractivity (Wildman–Crippen MR) is 159 cm³/mol. The topological polar surface area (TPSA) is 128 Å². The van der Waals surface area contributed by atoms with Gasteiger partial charge in [0.05, 0.1) is 35.6 Å². The number of rotatable bonds is 12. The minimum atomic E-state index is -4.19. The Labute approximate surface area is 248 Å². The number of ether oxygens (including phenoxy) is 2. The Balaban J connectivity index is 1.49. The number of hydrogen-bond acceptors (Lipinski definition) is 8. The van der Waals surface area contributed by atoms with Gasteiger partial charge in [0, 0.05) is 10.6 Å². The van der Waals surface area contributed by atoms with Gasteiger partial charge in [0.2, 0.25) is 0 Å². The maximum Gasteiger partial charge on any atom is 0.338 e. The van der Waals surface area contributed by atoms with Crippen LogP contribution in [0, 0.1) is 0 Å². The molecule has 0 aliphatic heterocycles. The highest BCUT2D eigenvalue weighted by molar-refractivity contribution is 7.92.